The minimum absolute atomic E-state index is 0.120. The zero-order valence-corrected chi connectivity index (χ0v) is 14.8. The molecule has 8 heteroatoms. The van der Waals surface area contributed by atoms with Gasteiger partial charge >= 0.3 is 6.03 Å². The van der Waals surface area contributed by atoms with E-state index in [9.17, 15) is 4.79 Å². The summed E-state index contributed by atoms with van der Waals surface area (Å²) in [5.41, 5.74) is 0. The van der Waals surface area contributed by atoms with Crippen molar-refractivity contribution in [3.8, 4) is 5.75 Å². The van der Waals surface area contributed by atoms with Crippen LogP contribution < -0.4 is 9.72 Å². The van der Waals surface area contributed by atoms with Crippen molar-refractivity contribution in [1.82, 2.24) is 9.47 Å². The molecule has 0 aliphatic carbocycles. The zero-order chi connectivity index (χ0) is 16.8. The van der Waals surface area contributed by atoms with E-state index in [1.807, 2.05) is 6.92 Å². The van der Waals surface area contributed by atoms with Gasteiger partial charge in [0.15, 0.2) is 5.75 Å². The van der Waals surface area contributed by atoms with Crippen LogP contribution >= 0.6 is 34.8 Å². The van der Waals surface area contributed by atoms with Crippen molar-refractivity contribution in [2.75, 3.05) is 19.7 Å². The number of aromatic nitrogens is 2. The van der Waals surface area contributed by atoms with E-state index in [1.165, 1.54) is 4.57 Å². The lowest BCUT2D eigenvalue weighted by molar-refractivity contribution is -0.376. The number of amides is 1. The number of carbonyl (C=O) groups is 1. The van der Waals surface area contributed by atoms with Crippen LogP contribution in [0, 0.1) is 0 Å². The Balaban J connectivity index is 1.99. The van der Waals surface area contributed by atoms with Crippen LogP contribution in [0.4, 0.5) is 4.79 Å². The normalized spacial score (nSPS) is 10.6. The molecule has 5 nitrogen and oxygen atoms in total. The van der Waals surface area contributed by atoms with E-state index >= 15 is 0 Å². The molecule has 1 aromatic carbocycles. The van der Waals surface area contributed by atoms with Gasteiger partial charge in [0.05, 0.1) is 16.6 Å². The molecule has 0 saturated carbocycles. The van der Waals surface area contributed by atoms with Gasteiger partial charge in [0.1, 0.15) is 19.0 Å². The molecule has 0 aliphatic heterocycles. The average Bonchev–Trinajstić information content (AvgIpc) is 3.02. The number of imidazole rings is 1. The minimum Gasteiger partial charge on any atom is -0.489 e. The van der Waals surface area contributed by atoms with Crippen LogP contribution in [0.2, 0.25) is 15.1 Å². The quantitative estimate of drug-likeness (QED) is 0.763. The third kappa shape index (κ3) is 4.77. The summed E-state index contributed by atoms with van der Waals surface area (Å²) in [6.07, 6.45) is 5.79. The molecule has 0 aliphatic rings. The van der Waals surface area contributed by atoms with E-state index in [4.69, 9.17) is 39.5 Å². The highest BCUT2D eigenvalue weighted by molar-refractivity contribution is 6.40. The Kier molecular flexibility index (Phi) is 6.57. The molecule has 0 unspecified atom stereocenters. The Morgan fingerprint density at radius 1 is 1.26 bits per heavy atom. The summed E-state index contributed by atoms with van der Waals surface area (Å²) in [5.74, 6) is 0.371. The summed E-state index contributed by atoms with van der Waals surface area (Å²) in [7, 11) is 0. The number of carbonyl (C=O) groups excluding carboxylic acids is 1. The maximum Gasteiger partial charge on any atom is 0.415 e. The number of benzene rings is 1. The molecule has 0 radical (unpaired) electrons. The number of aromatic amines is 1. The van der Waals surface area contributed by atoms with Crippen LogP contribution in [0.15, 0.2) is 30.9 Å². The van der Waals surface area contributed by atoms with Gasteiger partial charge in [0, 0.05) is 11.6 Å². The van der Waals surface area contributed by atoms with E-state index in [0.717, 1.165) is 6.42 Å². The van der Waals surface area contributed by atoms with Crippen LogP contribution in [0.3, 0.4) is 0 Å². The topological polar surface area (TPSA) is 48.6 Å². The van der Waals surface area contributed by atoms with Crippen LogP contribution in [0.5, 0.6) is 5.75 Å². The fourth-order valence-electron chi connectivity index (χ4n) is 2.07. The molecular weight excluding hydrogens is 361 g/mol. The Bertz CT molecular complexity index is 639. The highest BCUT2D eigenvalue weighted by atomic mass is 35.5. The second kappa shape index (κ2) is 8.43. The van der Waals surface area contributed by atoms with Crippen molar-refractivity contribution < 1.29 is 14.5 Å². The van der Waals surface area contributed by atoms with E-state index in [1.54, 1.807) is 35.8 Å². The number of nitrogens with one attached hydrogen (secondary N) is 1. The minimum atomic E-state index is -0.120. The van der Waals surface area contributed by atoms with Gasteiger partial charge in [-0.05, 0) is 18.6 Å². The van der Waals surface area contributed by atoms with Crippen molar-refractivity contribution >= 4 is 40.8 Å². The standard InChI is InChI=1S/C15H16Cl3N3O2/c1-2-4-20(15(22)21-5-3-19-10-21)6-7-23-14-12(17)8-11(16)9-13(14)18/h3,5,8-10H,2,4,6-7H2,1H3/p+1. The molecule has 2 rings (SSSR count). The summed E-state index contributed by atoms with van der Waals surface area (Å²) < 4.78 is 7.12. The largest absolute Gasteiger partial charge is 0.489 e. The molecule has 0 spiro atoms. The lowest BCUT2D eigenvalue weighted by Gasteiger charge is -2.20. The third-order valence-corrected chi connectivity index (χ3v) is 3.88. The van der Waals surface area contributed by atoms with E-state index in [2.05, 4.69) is 4.98 Å². The fourth-order valence-corrected chi connectivity index (χ4v) is 3.00. The van der Waals surface area contributed by atoms with Crippen molar-refractivity contribution in [3.05, 3.63) is 45.9 Å². The first-order valence-corrected chi connectivity index (χ1v) is 8.27. The molecule has 23 heavy (non-hydrogen) atoms. The second-order valence-corrected chi connectivity index (χ2v) is 6.09. The summed E-state index contributed by atoms with van der Waals surface area (Å²) in [6, 6.07) is 3.01. The predicted octanol–water partition coefficient (Wildman–Crippen LogP) is 4.02. The fraction of sp³-hybridized carbons (Fsp3) is 0.333. The van der Waals surface area contributed by atoms with E-state index < -0.39 is 0 Å². The van der Waals surface area contributed by atoms with Gasteiger partial charge in [0.25, 0.3) is 6.33 Å². The molecule has 1 N–H and O–H groups in total. The molecule has 0 fully saturated rings. The van der Waals surface area contributed by atoms with Gasteiger partial charge < -0.3 is 9.64 Å². The number of rotatable bonds is 6. The SMILES string of the molecule is CCCN(CCOc1c(Cl)cc(Cl)cc1Cl)C(=O)n1cc[nH+]c1. The summed E-state index contributed by atoms with van der Waals surface area (Å²) >= 11 is 18.0. The average molecular weight is 378 g/mol. The Labute approximate surface area is 149 Å². The Hall–Kier alpha value is -1.43. The van der Waals surface area contributed by atoms with Gasteiger partial charge in [-0.25, -0.2) is 9.78 Å². The van der Waals surface area contributed by atoms with Crippen molar-refractivity contribution in [3.63, 3.8) is 0 Å². The Morgan fingerprint density at radius 3 is 2.52 bits per heavy atom. The number of hydrogen-bond donors (Lipinski definition) is 0. The molecule has 1 heterocycles. The zero-order valence-electron chi connectivity index (χ0n) is 12.6. The number of H-pyrrole nitrogens is 1. The number of halogens is 3. The number of ether oxygens (including phenoxy) is 1. The third-order valence-electron chi connectivity index (χ3n) is 3.10. The van der Waals surface area contributed by atoms with E-state index in [-0.39, 0.29) is 12.6 Å². The maximum absolute atomic E-state index is 12.4. The highest BCUT2D eigenvalue weighted by Gasteiger charge is 2.19. The smallest absolute Gasteiger partial charge is 0.415 e. The first-order chi connectivity index (χ1) is 11.0. The maximum atomic E-state index is 12.4. The van der Waals surface area contributed by atoms with E-state index in [0.29, 0.717) is 33.9 Å². The van der Waals surface area contributed by atoms with Crippen LogP contribution in [-0.2, 0) is 0 Å². The predicted molar refractivity (Wildman–Crippen MR) is 90.6 cm³/mol. The summed E-state index contributed by atoms with van der Waals surface area (Å²) in [5, 5.41) is 1.13. The van der Waals surface area contributed by atoms with Gasteiger partial charge in [-0.3, -0.25) is 0 Å². The van der Waals surface area contributed by atoms with Crippen molar-refractivity contribution in [1.29, 1.82) is 0 Å². The molecule has 2 aromatic rings. The van der Waals surface area contributed by atoms with Crippen molar-refractivity contribution in [2.24, 2.45) is 0 Å². The lowest BCUT2D eigenvalue weighted by atomic mass is 10.3. The molecule has 124 valence electrons. The van der Waals surface area contributed by atoms with Gasteiger partial charge in [0.2, 0.25) is 0 Å². The molecule has 1 aromatic heterocycles. The first-order valence-electron chi connectivity index (χ1n) is 7.13. The van der Waals surface area contributed by atoms with Gasteiger partial charge in [-0.2, -0.15) is 4.57 Å². The van der Waals surface area contributed by atoms with Crippen LogP contribution in [0.25, 0.3) is 0 Å². The molecule has 1 amide bonds. The molecule has 0 saturated heterocycles. The molecule has 0 bridgehead atoms. The number of nitrogens with zero attached hydrogens (tertiary/aromatic N) is 2. The van der Waals surface area contributed by atoms with Crippen LogP contribution in [0.1, 0.15) is 13.3 Å². The summed E-state index contributed by atoms with van der Waals surface area (Å²) in [4.78, 5) is 16.9. The molecular formula is C15H17Cl3N3O2+. The highest BCUT2D eigenvalue weighted by Crippen LogP contribution is 2.35. The summed E-state index contributed by atoms with van der Waals surface area (Å²) in [6.45, 7) is 3.33. The Morgan fingerprint density at radius 2 is 1.96 bits per heavy atom. The van der Waals surface area contributed by atoms with Crippen LogP contribution in [-0.4, -0.2) is 35.2 Å². The second-order valence-electron chi connectivity index (χ2n) is 4.84. The monoisotopic (exact) mass is 376 g/mol. The van der Waals surface area contributed by atoms with Gasteiger partial charge in [-0.1, -0.05) is 41.7 Å². The first kappa shape index (κ1) is 17.9. The number of hydrogen-bond acceptors (Lipinski definition) is 2. The van der Waals surface area contributed by atoms with Gasteiger partial charge in [-0.15, -0.1) is 0 Å². The lowest BCUT2D eigenvalue weighted by Crippen LogP contribution is -2.38. The molecule has 0 atom stereocenters. The van der Waals surface area contributed by atoms with Crippen molar-refractivity contribution in [2.45, 2.75) is 13.3 Å².